The number of amides is 1. The number of fused-ring (bicyclic) bond motifs is 2. The van der Waals surface area contributed by atoms with Gasteiger partial charge in [0.25, 0.3) is 0 Å². The van der Waals surface area contributed by atoms with E-state index in [0.29, 0.717) is 17.6 Å². The van der Waals surface area contributed by atoms with Crippen LogP contribution in [0.25, 0.3) is 5.52 Å². The van der Waals surface area contributed by atoms with Crippen LogP contribution in [0.3, 0.4) is 0 Å². The molecule has 4 rings (SSSR count). The van der Waals surface area contributed by atoms with Gasteiger partial charge in [0.1, 0.15) is 35.3 Å². The van der Waals surface area contributed by atoms with Gasteiger partial charge in [0.2, 0.25) is 5.79 Å². The van der Waals surface area contributed by atoms with Gasteiger partial charge in [-0.25, -0.2) is 14.3 Å². The van der Waals surface area contributed by atoms with E-state index in [0.717, 1.165) is 0 Å². The smallest absolute Gasteiger partial charge is 0.413 e. The Bertz CT molecular complexity index is 968. The van der Waals surface area contributed by atoms with Crippen LogP contribution in [0.2, 0.25) is 0 Å². The highest BCUT2D eigenvalue weighted by atomic mass is 16.8. The van der Waals surface area contributed by atoms with Gasteiger partial charge in [-0.05, 0) is 53.2 Å². The van der Waals surface area contributed by atoms with Gasteiger partial charge >= 0.3 is 6.09 Å². The van der Waals surface area contributed by atoms with Crippen LogP contribution in [0.1, 0.15) is 53.7 Å². The fraction of sp³-hybridized carbons (Fsp3) is 0.650. The summed E-state index contributed by atoms with van der Waals surface area (Å²) in [6.45, 7) is 10.9. The molecule has 2 saturated heterocycles. The molecule has 2 aromatic heterocycles. The van der Waals surface area contributed by atoms with Gasteiger partial charge in [-0.1, -0.05) is 6.92 Å². The molecule has 2 N–H and O–H groups in total. The molecule has 0 aromatic carbocycles. The Morgan fingerprint density at radius 1 is 1.30 bits per heavy atom. The summed E-state index contributed by atoms with van der Waals surface area (Å²) in [7, 11) is 0. The summed E-state index contributed by atoms with van der Waals surface area (Å²) in [5, 5.41) is 18.4. The third kappa shape index (κ3) is 3.53. The highest BCUT2D eigenvalue weighted by Crippen LogP contribution is 2.48. The highest BCUT2D eigenvalue weighted by molar-refractivity contribution is 5.88. The van der Waals surface area contributed by atoms with Gasteiger partial charge in [0.05, 0.1) is 6.10 Å². The molecule has 10 nitrogen and oxygen atoms in total. The Morgan fingerprint density at radius 2 is 2.03 bits per heavy atom. The van der Waals surface area contributed by atoms with E-state index >= 15 is 0 Å². The number of carbonyl (C=O) groups is 1. The summed E-state index contributed by atoms with van der Waals surface area (Å²) in [4.78, 5) is 16.3. The van der Waals surface area contributed by atoms with Crippen molar-refractivity contribution >= 4 is 17.4 Å². The molecule has 2 aliphatic heterocycles. The Kier molecular flexibility index (Phi) is 4.81. The van der Waals surface area contributed by atoms with Crippen LogP contribution in [0, 0.1) is 0 Å². The molecule has 1 amide bonds. The third-order valence-corrected chi connectivity index (χ3v) is 5.05. The van der Waals surface area contributed by atoms with Crippen molar-refractivity contribution in [3.05, 3.63) is 24.2 Å². The molecule has 10 heteroatoms. The second-order valence-electron chi connectivity index (χ2n) is 9.03. The van der Waals surface area contributed by atoms with Crippen LogP contribution in [-0.2, 0) is 24.7 Å². The first-order valence-electron chi connectivity index (χ1n) is 10.0. The fourth-order valence-corrected chi connectivity index (χ4v) is 3.95. The van der Waals surface area contributed by atoms with E-state index in [9.17, 15) is 9.90 Å². The molecule has 30 heavy (non-hydrogen) atoms. The van der Waals surface area contributed by atoms with Crippen LogP contribution in [0.5, 0.6) is 0 Å². The lowest BCUT2D eigenvalue weighted by Crippen LogP contribution is -2.41. The molecule has 2 aromatic rings. The van der Waals surface area contributed by atoms with Crippen LogP contribution in [-0.4, -0.2) is 55.5 Å². The van der Waals surface area contributed by atoms with Crippen molar-refractivity contribution in [2.75, 3.05) is 5.32 Å². The summed E-state index contributed by atoms with van der Waals surface area (Å²) in [5.74, 6) is -2.37. The Hall–Kier alpha value is -2.27. The second-order valence-corrected chi connectivity index (χ2v) is 9.03. The first kappa shape index (κ1) is 21.0. The minimum Gasteiger partial charge on any atom is -0.444 e. The second kappa shape index (κ2) is 6.88. The molecular formula is C20H28N4O6. The average Bonchev–Trinajstić information content (AvgIpc) is 3.26. The Labute approximate surface area is 174 Å². The lowest BCUT2D eigenvalue weighted by Gasteiger charge is -2.29. The van der Waals surface area contributed by atoms with Crippen molar-refractivity contribution in [1.29, 1.82) is 0 Å². The van der Waals surface area contributed by atoms with Crippen LogP contribution in [0.15, 0.2) is 18.5 Å². The van der Waals surface area contributed by atoms with Gasteiger partial charge in [0, 0.05) is 0 Å². The number of ether oxygens (including phenoxy) is 4. The monoisotopic (exact) mass is 420 g/mol. The number of anilines is 1. The van der Waals surface area contributed by atoms with Crippen LogP contribution < -0.4 is 5.32 Å². The summed E-state index contributed by atoms with van der Waals surface area (Å²) in [6.07, 6.45) is -0.191. The maximum atomic E-state index is 12.2. The zero-order valence-corrected chi connectivity index (χ0v) is 18.0. The molecule has 2 aliphatic rings. The normalized spacial score (nSPS) is 30.4. The van der Waals surface area contributed by atoms with E-state index in [4.69, 9.17) is 18.9 Å². The maximum absolute atomic E-state index is 12.2. The van der Waals surface area contributed by atoms with Crippen molar-refractivity contribution in [3.8, 4) is 0 Å². The zero-order valence-electron chi connectivity index (χ0n) is 18.0. The molecule has 164 valence electrons. The van der Waals surface area contributed by atoms with E-state index < -0.39 is 35.5 Å². The van der Waals surface area contributed by atoms with Crippen molar-refractivity contribution in [3.63, 3.8) is 0 Å². The predicted molar refractivity (Wildman–Crippen MR) is 106 cm³/mol. The van der Waals surface area contributed by atoms with E-state index in [1.165, 1.54) is 10.8 Å². The molecule has 0 spiro atoms. The fourth-order valence-electron chi connectivity index (χ4n) is 3.95. The van der Waals surface area contributed by atoms with Crippen LogP contribution in [0.4, 0.5) is 10.6 Å². The largest absolute Gasteiger partial charge is 0.444 e. The van der Waals surface area contributed by atoms with E-state index in [1.54, 1.807) is 46.8 Å². The number of hydrogen-bond donors (Lipinski definition) is 2. The lowest BCUT2D eigenvalue weighted by atomic mass is 10.0. The number of nitrogens with zero attached hydrogens (tertiary/aromatic N) is 3. The maximum Gasteiger partial charge on any atom is 0.413 e. The minimum absolute atomic E-state index is 0.250. The number of aliphatic hydroxyl groups is 1. The molecule has 2 unspecified atom stereocenters. The SMILES string of the molecule is CC[C@H]1OC(O)(c2ccc3c(NC(=O)OC(C)(C)C)ncnn23)[C@H]2OC(C)(C)OC12. The standard InChI is InChI=1S/C20H28N4O6/c1-7-12-14-15(29-19(5,6)28-14)20(26,27-12)13-9-8-11-16(21-10-22-24(11)13)23-17(25)30-18(2,3)4/h8-10,12,14-15,26H,7H2,1-6H3,(H,21,22,23,25)/t12-,14?,15+,20?/m1/s1. The number of hydrogen-bond acceptors (Lipinski definition) is 8. The molecule has 0 radical (unpaired) electrons. The topological polar surface area (TPSA) is 116 Å². The molecule has 2 fully saturated rings. The summed E-state index contributed by atoms with van der Waals surface area (Å²) < 4.78 is 24.8. The summed E-state index contributed by atoms with van der Waals surface area (Å²) >= 11 is 0. The number of carbonyl (C=O) groups excluding carboxylic acids is 1. The van der Waals surface area contributed by atoms with Gasteiger partial charge in [-0.3, -0.25) is 5.32 Å². The molecule has 0 bridgehead atoms. The van der Waals surface area contributed by atoms with E-state index in [1.807, 2.05) is 6.92 Å². The number of aromatic nitrogens is 3. The van der Waals surface area contributed by atoms with E-state index in [-0.39, 0.29) is 11.9 Å². The molecular weight excluding hydrogens is 392 g/mol. The van der Waals surface area contributed by atoms with Crippen LogP contribution >= 0.6 is 0 Å². The first-order chi connectivity index (χ1) is 13.9. The van der Waals surface area contributed by atoms with E-state index in [2.05, 4.69) is 15.4 Å². The summed E-state index contributed by atoms with van der Waals surface area (Å²) in [5.41, 5.74) is 0.189. The quantitative estimate of drug-likeness (QED) is 0.778. The van der Waals surface area contributed by atoms with Gasteiger partial charge in [0.15, 0.2) is 11.6 Å². The molecule has 0 aliphatic carbocycles. The molecule has 4 heterocycles. The predicted octanol–water partition coefficient (Wildman–Crippen LogP) is 2.55. The average molecular weight is 420 g/mol. The third-order valence-electron chi connectivity index (χ3n) is 5.05. The van der Waals surface area contributed by atoms with Gasteiger partial charge in [-0.2, -0.15) is 5.10 Å². The lowest BCUT2D eigenvalue weighted by molar-refractivity contribution is -0.283. The minimum atomic E-state index is -1.77. The summed E-state index contributed by atoms with van der Waals surface area (Å²) in [6, 6.07) is 3.37. The Morgan fingerprint density at radius 3 is 2.70 bits per heavy atom. The van der Waals surface area contributed by atoms with Crippen molar-refractivity contribution in [1.82, 2.24) is 14.6 Å². The van der Waals surface area contributed by atoms with Crippen molar-refractivity contribution in [2.24, 2.45) is 0 Å². The van der Waals surface area contributed by atoms with Crippen molar-refractivity contribution in [2.45, 2.75) is 83.5 Å². The number of rotatable bonds is 3. The van der Waals surface area contributed by atoms with Gasteiger partial charge in [-0.15, -0.1) is 0 Å². The van der Waals surface area contributed by atoms with Crippen molar-refractivity contribution < 1.29 is 28.8 Å². The van der Waals surface area contributed by atoms with Gasteiger partial charge < -0.3 is 24.1 Å². The molecule has 4 atom stereocenters. The molecule has 0 saturated carbocycles. The zero-order chi connectivity index (χ0) is 21.9. The Balaban J connectivity index is 1.70. The highest BCUT2D eigenvalue weighted by Gasteiger charge is 2.63. The first-order valence-corrected chi connectivity index (χ1v) is 10.0. The number of nitrogens with one attached hydrogen (secondary N) is 1.